The number of benzene rings is 2. The van der Waals surface area contributed by atoms with E-state index in [9.17, 15) is 23.2 Å². The van der Waals surface area contributed by atoms with Crippen LogP contribution >= 0.6 is 0 Å². The minimum Gasteiger partial charge on any atom is -0.456 e. The van der Waals surface area contributed by atoms with Crippen molar-refractivity contribution in [2.45, 2.75) is 25.9 Å². The van der Waals surface area contributed by atoms with E-state index in [0.29, 0.717) is 0 Å². The summed E-state index contributed by atoms with van der Waals surface area (Å²) in [4.78, 5) is 35.6. The molecule has 0 fully saturated rings. The number of imide groups is 1. The molecule has 8 heteroatoms. The summed E-state index contributed by atoms with van der Waals surface area (Å²) in [7, 11) is 0. The minimum absolute atomic E-state index is 0.0685. The first-order valence-electron chi connectivity index (χ1n) is 8.44. The molecule has 0 bridgehead atoms. The number of carbonyl (C=O) groups excluding carboxylic acids is 3. The predicted molar refractivity (Wildman–Crippen MR) is 96.0 cm³/mol. The van der Waals surface area contributed by atoms with Gasteiger partial charge in [0.2, 0.25) is 0 Å². The van der Waals surface area contributed by atoms with Gasteiger partial charge in [-0.3, -0.25) is 19.7 Å². The van der Waals surface area contributed by atoms with Gasteiger partial charge in [-0.25, -0.2) is 0 Å². The van der Waals surface area contributed by atoms with Crippen molar-refractivity contribution in [1.29, 1.82) is 0 Å². The van der Waals surface area contributed by atoms with Crippen LogP contribution < -0.4 is 10.1 Å². The topological polar surface area (TPSA) is 81.7 Å². The quantitative estimate of drug-likeness (QED) is 0.699. The van der Waals surface area contributed by atoms with Crippen molar-refractivity contribution in [3.05, 3.63) is 65.7 Å². The molecule has 2 aromatic carbocycles. The maximum absolute atomic E-state index is 12.1. The zero-order valence-electron chi connectivity index (χ0n) is 15.1. The molecule has 28 heavy (non-hydrogen) atoms. The smallest absolute Gasteiger partial charge is 0.387 e. The van der Waals surface area contributed by atoms with E-state index in [4.69, 9.17) is 4.74 Å². The van der Waals surface area contributed by atoms with Gasteiger partial charge in [0.25, 0.3) is 11.8 Å². The molecule has 0 aromatic heterocycles. The van der Waals surface area contributed by atoms with E-state index in [-0.39, 0.29) is 23.7 Å². The number of carbonyl (C=O) groups is 3. The van der Waals surface area contributed by atoms with Crippen molar-refractivity contribution in [3.8, 4) is 5.75 Å². The Bertz CT molecular complexity index is 809. The first-order valence-corrected chi connectivity index (χ1v) is 8.44. The van der Waals surface area contributed by atoms with Gasteiger partial charge in [-0.15, -0.1) is 0 Å². The Hall–Kier alpha value is -3.29. The first kappa shape index (κ1) is 21.0. The Balaban J connectivity index is 1.77. The van der Waals surface area contributed by atoms with Crippen molar-refractivity contribution in [2.75, 3.05) is 6.61 Å². The average Bonchev–Trinajstić information content (AvgIpc) is 2.67. The van der Waals surface area contributed by atoms with Gasteiger partial charge >= 0.3 is 12.6 Å². The molecule has 0 aliphatic carbocycles. The molecule has 0 heterocycles. The number of alkyl halides is 2. The van der Waals surface area contributed by atoms with E-state index in [1.807, 2.05) is 37.3 Å². The lowest BCUT2D eigenvalue weighted by atomic mass is 9.98. The zero-order chi connectivity index (χ0) is 20.5. The molecule has 0 aliphatic heterocycles. The number of hydrogen-bond acceptors (Lipinski definition) is 5. The van der Waals surface area contributed by atoms with Gasteiger partial charge < -0.3 is 9.47 Å². The van der Waals surface area contributed by atoms with Crippen molar-refractivity contribution in [3.63, 3.8) is 0 Å². The molecule has 0 unspecified atom stereocenters. The molecule has 1 N–H and O–H groups in total. The van der Waals surface area contributed by atoms with E-state index >= 15 is 0 Å². The van der Waals surface area contributed by atoms with Crippen LogP contribution in [0.25, 0.3) is 0 Å². The summed E-state index contributed by atoms with van der Waals surface area (Å²) in [6.07, 6.45) is 0.0941. The third-order valence-corrected chi connectivity index (χ3v) is 3.80. The van der Waals surface area contributed by atoms with E-state index < -0.39 is 31.0 Å². The standard InChI is InChI=1S/C20H19F2NO5/c1-13(14-5-3-2-4-6-14)11-18(25)27-12-17(24)23-19(26)15-7-9-16(10-8-15)28-20(21)22/h2-10,13,20H,11-12H2,1H3,(H,23,24,26)/t13-/m0/s1. The minimum atomic E-state index is -2.97. The van der Waals surface area contributed by atoms with E-state index in [1.54, 1.807) is 0 Å². The van der Waals surface area contributed by atoms with E-state index in [2.05, 4.69) is 10.1 Å². The van der Waals surface area contributed by atoms with Gasteiger partial charge in [0.15, 0.2) is 6.61 Å². The maximum Gasteiger partial charge on any atom is 0.387 e. The third-order valence-electron chi connectivity index (χ3n) is 3.80. The van der Waals surface area contributed by atoms with Gasteiger partial charge in [-0.1, -0.05) is 37.3 Å². The molecule has 2 amide bonds. The molecular formula is C20H19F2NO5. The van der Waals surface area contributed by atoms with Crippen LogP contribution in [0, 0.1) is 0 Å². The zero-order valence-corrected chi connectivity index (χ0v) is 15.1. The number of hydrogen-bond donors (Lipinski definition) is 1. The number of amides is 2. The number of nitrogens with one attached hydrogen (secondary N) is 1. The van der Waals surface area contributed by atoms with Gasteiger partial charge in [-0.2, -0.15) is 8.78 Å². The first-order chi connectivity index (χ1) is 13.3. The Labute approximate surface area is 160 Å². The molecule has 0 saturated heterocycles. The molecule has 0 aliphatic rings. The second-order valence-electron chi connectivity index (χ2n) is 5.96. The second-order valence-corrected chi connectivity index (χ2v) is 5.96. The molecule has 0 saturated carbocycles. The van der Waals surface area contributed by atoms with Crippen LogP contribution in [-0.4, -0.2) is 31.0 Å². The van der Waals surface area contributed by atoms with E-state index in [0.717, 1.165) is 5.56 Å². The highest BCUT2D eigenvalue weighted by Gasteiger charge is 2.16. The Morgan fingerprint density at radius 3 is 2.25 bits per heavy atom. The second kappa shape index (κ2) is 10.1. The fourth-order valence-electron chi connectivity index (χ4n) is 2.38. The fraction of sp³-hybridized carbons (Fsp3) is 0.250. The average molecular weight is 391 g/mol. The van der Waals surface area contributed by atoms with E-state index in [1.165, 1.54) is 24.3 Å². The lowest BCUT2D eigenvalue weighted by Gasteiger charge is -2.11. The highest BCUT2D eigenvalue weighted by molar-refractivity contribution is 6.05. The summed E-state index contributed by atoms with van der Waals surface area (Å²) >= 11 is 0. The summed E-state index contributed by atoms with van der Waals surface area (Å²) < 4.78 is 33.2. The SMILES string of the molecule is C[C@@H](CC(=O)OCC(=O)NC(=O)c1ccc(OC(F)F)cc1)c1ccccc1. The Kier molecular flexibility index (Phi) is 7.62. The summed E-state index contributed by atoms with van der Waals surface area (Å²) in [5, 5.41) is 2.05. The Morgan fingerprint density at radius 1 is 1.00 bits per heavy atom. The highest BCUT2D eigenvalue weighted by Crippen LogP contribution is 2.19. The van der Waals surface area contributed by atoms with Gasteiger partial charge in [0.1, 0.15) is 5.75 Å². The summed E-state index contributed by atoms with van der Waals surface area (Å²) in [6.45, 7) is -1.71. The molecule has 2 rings (SSSR count). The number of esters is 1. The van der Waals surface area contributed by atoms with Crippen LogP contribution in [0.4, 0.5) is 8.78 Å². The molecule has 2 aromatic rings. The number of halogens is 2. The van der Waals surface area contributed by atoms with Crippen molar-refractivity contribution in [2.24, 2.45) is 0 Å². The predicted octanol–water partition coefficient (Wildman–Crippen LogP) is 3.28. The molecule has 148 valence electrons. The van der Waals surface area contributed by atoms with Crippen LogP contribution in [0.1, 0.15) is 35.2 Å². The highest BCUT2D eigenvalue weighted by atomic mass is 19.3. The Morgan fingerprint density at radius 2 is 1.64 bits per heavy atom. The van der Waals surface area contributed by atoms with Crippen LogP contribution in [0.2, 0.25) is 0 Å². The summed E-state index contributed by atoms with van der Waals surface area (Å²) in [5.74, 6) is -2.29. The van der Waals surface area contributed by atoms with Gasteiger partial charge in [0, 0.05) is 5.56 Å². The molecule has 0 radical (unpaired) electrons. The van der Waals surface area contributed by atoms with Gasteiger partial charge in [-0.05, 0) is 35.7 Å². The monoisotopic (exact) mass is 391 g/mol. The maximum atomic E-state index is 12.1. The van der Waals surface area contributed by atoms with Crippen LogP contribution in [0.15, 0.2) is 54.6 Å². The van der Waals surface area contributed by atoms with Crippen LogP contribution in [-0.2, 0) is 14.3 Å². The van der Waals surface area contributed by atoms with Crippen molar-refractivity contribution >= 4 is 17.8 Å². The van der Waals surface area contributed by atoms with Crippen molar-refractivity contribution in [1.82, 2.24) is 5.32 Å². The van der Waals surface area contributed by atoms with Crippen LogP contribution in [0.3, 0.4) is 0 Å². The molecule has 6 nitrogen and oxygen atoms in total. The lowest BCUT2D eigenvalue weighted by molar-refractivity contribution is -0.148. The molecular weight excluding hydrogens is 372 g/mol. The molecule has 1 atom stereocenters. The largest absolute Gasteiger partial charge is 0.456 e. The van der Waals surface area contributed by atoms with Crippen LogP contribution in [0.5, 0.6) is 5.75 Å². The third kappa shape index (κ3) is 6.79. The molecule has 0 spiro atoms. The number of ether oxygens (including phenoxy) is 2. The summed E-state index contributed by atoms with van der Waals surface area (Å²) in [5.41, 5.74) is 1.04. The number of rotatable bonds is 8. The van der Waals surface area contributed by atoms with Gasteiger partial charge in [0.05, 0.1) is 6.42 Å². The van der Waals surface area contributed by atoms with Crippen molar-refractivity contribution < 1.29 is 32.6 Å². The lowest BCUT2D eigenvalue weighted by Crippen LogP contribution is -2.34. The summed E-state index contributed by atoms with van der Waals surface area (Å²) in [6, 6.07) is 14.2. The fourth-order valence-corrected chi connectivity index (χ4v) is 2.38. The normalized spacial score (nSPS) is 11.6.